The van der Waals surface area contributed by atoms with Crippen LogP contribution < -0.4 is 14.4 Å². The van der Waals surface area contributed by atoms with Gasteiger partial charge in [-0.05, 0) is 99.2 Å². The number of pyridine rings is 1. The zero-order valence-corrected chi connectivity index (χ0v) is 27.0. The molecule has 1 aromatic heterocycles. The number of nitrogens with one attached hydrogen (secondary N) is 1. The topological polar surface area (TPSA) is 88.6 Å². The normalized spacial score (nSPS) is 23.0. The molecule has 2 aliphatic rings. The molecule has 7 atom stereocenters. The van der Waals surface area contributed by atoms with Crippen LogP contribution in [0.3, 0.4) is 0 Å². The maximum Gasteiger partial charge on any atom is 0.172 e. The van der Waals surface area contributed by atoms with E-state index in [1.165, 1.54) is 11.1 Å². The van der Waals surface area contributed by atoms with Gasteiger partial charge in [-0.15, -0.1) is 0 Å². The van der Waals surface area contributed by atoms with Crippen LogP contribution in [0.5, 0.6) is 5.75 Å². The average molecular weight is 616 g/mol. The summed E-state index contributed by atoms with van der Waals surface area (Å²) in [6.45, 7) is 8.34. The van der Waals surface area contributed by atoms with E-state index in [1.54, 1.807) is 13.1 Å². The molecule has 2 heterocycles. The van der Waals surface area contributed by atoms with Gasteiger partial charge in [0.15, 0.2) is 17.9 Å². The number of ether oxygens (including phenoxy) is 1. The Hall–Kier alpha value is -2.29. The van der Waals surface area contributed by atoms with Crippen LogP contribution >= 0.6 is 11.6 Å². The van der Waals surface area contributed by atoms with E-state index < -0.39 is 11.0 Å². The molecule has 1 N–H and O–H groups in total. The third kappa shape index (κ3) is 7.80. The summed E-state index contributed by atoms with van der Waals surface area (Å²) in [5, 5.41) is 0.812. The van der Waals surface area contributed by atoms with Crippen molar-refractivity contribution in [3.05, 3.63) is 52.2 Å². The Morgan fingerprint density at radius 3 is 2.67 bits per heavy atom. The van der Waals surface area contributed by atoms with Crippen LogP contribution in [0.4, 0.5) is 5.82 Å². The van der Waals surface area contributed by atoms with Gasteiger partial charge >= 0.3 is 0 Å². The van der Waals surface area contributed by atoms with Gasteiger partial charge in [0.2, 0.25) is 0 Å². The second-order valence-electron chi connectivity index (χ2n) is 12.1. The summed E-state index contributed by atoms with van der Waals surface area (Å²) in [5.41, 5.74) is 2.88. The van der Waals surface area contributed by atoms with Crippen molar-refractivity contribution in [3.63, 3.8) is 0 Å². The fourth-order valence-electron chi connectivity index (χ4n) is 6.62. The first kappa shape index (κ1) is 32.6. The summed E-state index contributed by atoms with van der Waals surface area (Å²) in [4.78, 5) is 30.9. The highest BCUT2D eigenvalue weighted by molar-refractivity contribution is 7.83. The number of aldehydes is 2. The van der Waals surface area contributed by atoms with Crippen molar-refractivity contribution < 1.29 is 18.5 Å². The summed E-state index contributed by atoms with van der Waals surface area (Å²) in [5.74, 6) is 2.54. The Morgan fingerprint density at radius 1 is 1.19 bits per heavy atom. The molecule has 230 valence electrons. The Bertz CT molecular complexity index is 1240. The highest BCUT2D eigenvalue weighted by atomic mass is 35.5. The minimum absolute atomic E-state index is 0.0150. The van der Waals surface area contributed by atoms with E-state index in [9.17, 15) is 13.8 Å². The number of fused-ring (bicyclic) bond motifs is 1. The van der Waals surface area contributed by atoms with Crippen molar-refractivity contribution in [2.45, 2.75) is 76.9 Å². The molecule has 42 heavy (non-hydrogen) atoms. The van der Waals surface area contributed by atoms with Crippen LogP contribution in [0.2, 0.25) is 5.02 Å². The van der Waals surface area contributed by atoms with Gasteiger partial charge in [-0.2, -0.15) is 0 Å². The van der Waals surface area contributed by atoms with Crippen LogP contribution in [-0.4, -0.2) is 53.8 Å². The van der Waals surface area contributed by atoms with Crippen molar-refractivity contribution in [1.82, 2.24) is 9.71 Å². The zero-order chi connectivity index (χ0) is 30.2. The number of rotatable bonds is 15. The zero-order valence-electron chi connectivity index (χ0n) is 25.4. The minimum atomic E-state index is -1.04. The molecule has 1 aliphatic carbocycles. The Balaban J connectivity index is 1.50. The third-order valence-corrected chi connectivity index (χ3v) is 11.2. The second kappa shape index (κ2) is 15.4. The Morgan fingerprint density at radius 2 is 2.00 bits per heavy atom. The van der Waals surface area contributed by atoms with Crippen molar-refractivity contribution in [1.29, 1.82) is 0 Å². The maximum absolute atomic E-state index is 12.3. The SMILES string of the molecule is CCCc1cc(Cl)ccc1C1COc2ccc(C=O)nc2N(CC2CCC2C(C=O)CCCC(C)C(C)S(=O)NC)C1. The largest absolute Gasteiger partial charge is 0.489 e. The van der Waals surface area contributed by atoms with Gasteiger partial charge in [-0.3, -0.25) is 4.79 Å². The molecule has 4 rings (SSSR count). The lowest BCUT2D eigenvalue weighted by Gasteiger charge is -2.43. The van der Waals surface area contributed by atoms with Crippen LogP contribution in [0.15, 0.2) is 30.3 Å². The molecule has 1 aromatic carbocycles. The monoisotopic (exact) mass is 615 g/mol. The van der Waals surface area contributed by atoms with Gasteiger partial charge in [0.05, 0.1) is 17.6 Å². The predicted octanol–water partition coefficient (Wildman–Crippen LogP) is 6.40. The minimum Gasteiger partial charge on any atom is -0.489 e. The average Bonchev–Trinajstić information content (AvgIpc) is 3.16. The van der Waals surface area contributed by atoms with E-state index in [4.69, 9.17) is 21.3 Å². The predicted molar refractivity (Wildman–Crippen MR) is 171 cm³/mol. The molecule has 0 saturated heterocycles. The van der Waals surface area contributed by atoms with E-state index >= 15 is 0 Å². The molecule has 7 unspecified atom stereocenters. The van der Waals surface area contributed by atoms with E-state index in [1.807, 2.05) is 19.1 Å². The van der Waals surface area contributed by atoms with Crippen LogP contribution in [0.1, 0.15) is 86.8 Å². The molecule has 1 fully saturated rings. The number of carbonyl (C=O) groups is 2. The molecule has 0 bridgehead atoms. The number of nitrogens with zero attached hydrogens (tertiary/aromatic N) is 2. The lowest BCUT2D eigenvalue weighted by Crippen LogP contribution is -2.43. The van der Waals surface area contributed by atoms with Crippen molar-refractivity contribution >= 4 is 41.0 Å². The van der Waals surface area contributed by atoms with Crippen LogP contribution in [-0.2, 0) is 22.2 Å². The second-order valence-corrected chi connectivity index (χ2v) is 14.3. The molecule has 0 spiro atoms. The Labute approximate surface area is 258 Å². The molecule has 0 radical (unpaired) electrons. The molecule has 0 amide bonds. The number of benzene rings is 1. The first-order valence-corrected chi connectivity index (χ1v) is 17.0. The summed E-state index contributed by atoms with van der Waals surface area (Å²) >= 11 is 6.37. The van der Waals surface area contributed by atoms with Crippen molar-refractivity contribution in [3.8, 4) is 5.75 Å². The number of aromatic nitrogens is 1. The number of hydrogen-bond acceptors (Lipinski definition) is 6. The first-order valence-electron chi connectivity index (χ1n) is 15.4. The molecular formula is C33H46ClN3O4S. The summed E-state index contributed by atoms with van der Waals surface area (Å²) in [6.07, 6.45) is 8.78. The van der Waals surface area contributed by atoms with E-state index in [2.05, 4.69) is 35.6 Å². The van der Waals surface area contributed by atoms with Gasteiger partial charge in [0, 0.05) is 35.2 Å². The number of anilines is 1. The molecular weight excluding hydrogens is 570 g/mol. The van der Waals surface area contributed by atoms with Gasteiger partial charge in [0.25, 0.3) is 0 Å². The van der Waals surface area contributed by atoms with Gasteiger partial charge in [-0.1, -0.05) is 44.4 Å². The molecule has 9 heteroatoms. The number of halogens is 1. The third-order valence-electron chi connectivity index (χ3n) is 9.42. The number of hydrogen-bond donors (Lipinski definition) is 1. The van der Waals surface area contributed by atoms with E-state index in [-0.39, 0.29) is 17.1 Å². The molecule has 2 aromatic rings. The quantitative estimate of drug-likeness (QED) is 0.233. The maximum atomic E-state index is 12.3. The lowest BCUT2D eigenvalue weighted by atomic mass is 9.66. The molecule has 1 aliphatic heterocycles. The van der Waals surface area contributed by atoms with Gasteiger partial charge in [0.1, 0.15) is 12.0 Å². The van der Waals surface area contributed by atoms with Crippen LogP contribution in [0, 0.1) is 23.7 Å². The summed E-state index contributed by atoms with van der Waals surface area (Å²) in [6, 6.07) is 9.71. The molecule has 1 saturated carbocycles. The van der Waals surface area contributed by atoms with E-state index in [0.29, 0.717) is 48.2 Å². The number of aryl methyl sites for hydroxylation is 1. The first-order chi connectivity index (χ1) is 20.3. The fourth-order valence-corrected chi connectivity index (χ4v) is 7.74. The summed E-state index contributed by atoms with van der Waals surface area (Å²) < 4.78 is 21.3. The van der Waals surface area contributed by atoms with Gasteiger partial charge in [-0.25, -0.2) is 13.9 Å². The van der Waals surface area contributed by atoms with Crippen LogP contribution in [0.25, 0.3) is 0 Å². The summed E-state index contributed by atoms with van der Waals surface area (Å²) in [7, 11) is 0.687. The highest BCUT2D eigenvalue weighted by Gasteiger charge is 2.39. The molecule has 7 nitrogen and oxygen atoms in total. The fraction of sp³-hybridized carbons (Fsp3) is 0.606. The smallest absolute Gasteiger partial charge is 0.172 e. The highest BCUT2D eigenvalue weighted by Crippen LogP contribution is 2.44. The van der Waals surface area contributed by atoms with Crippen molar-refractivity contribution in [2.24, 2.45) is 23.7 Å². The Kier molecular flexibility index (Phi) is 12.0. The number of carbonyl (C=O) groups excluding carboxylic acids is 2. The lowest BCUT2D eigenvalue weighted by molar-refractivity contribution is -0.115. The van der Waals surface area contributed by atoms with Gasteiger partial charge < -0.3 is 14.4 Å². The van der Waals surface area contributed by atoms with Crippen molar-refractivity contribution in [2.75, 3.05) is 31.6 Å². The standard InChI is InChI=1S/C33H46ClN3O4S/c1-5-7-24-16-28(34)11-14-30(24)27-18-37(33-32(41-21-27)15-12-29(20-39)36-33)17-25-10-13-31(25)26(19-38)9-6-8-22(2)23(3)42(40)35-4/h11-12,14-16,19-20,22-23,25-27,31,35H,5-10,13,17-18,21H2,1-4H3. The van der Waals surface area contributed by atoms with E-state index in [0.717, 1.165) is 69.1 Å².